The van der Waals surface area contributed by atoms with Gasteiger partial charge in [-0.05, 0) is 45.4 Å². The van der Waals surface area contributed by atoms with Crippen LogP contribution in [-0.2, 0) is 0 Å². The second kappa shape index (κ2) is 6.41. The quantitative estimate of drug-likeness (QED) is 0.666. The second-order valence-corrected chi connectivity index (χ2v) is 4.98. The van der Waals surface area contributed by atoms with Gasteiger partial charge in [-0.2, -0.15) is 0 Å². The van der Waals surface area contributed by atoms with Gasteiger partial charge in [0.15, 0.2) is 0 Å². The summed E-state index contributed by atoms with van der Waals surface area (Å²) in [4.78, 5) is 0. The molecule has 0 amide bonds. The maximum atomic E-state index is 9.93. The Kier molecular flexibility index (Phi) is 6.38. The highest BCUT2D eigenvalue weighted by atomic mass is 16.3. The molecule has 2 heteroatoms. The molecule has 86 valence electrons. The third-order valence-corrected chi connectivity index (χ3v) is 2.71. The third-order valence-electron chi connectivity index (χ3n) is 2.71. The molecule has 0 saturated heterocycles. The van der Waals surface area contributed by atoms with Gasteiger partial charge in [0.05, 0.1) is 11.7 Å². The maximum Gasteiger partial charge on any atom is 0.0619 e. The van der Waals surface area contributed by atoms with Gasteiger partial charge >= 0.3 is 0 Å². The summed E-state index contributed by atoms with van der Waals surface area (Å²) in [6.07, 6.45) is 4.35. The summed E-state index contributed by atoms with van der Waals surface area (Å²) >= 11 is 0. The Hall–Kier alpha value is -0.0800. The van der Waals surface area contributed by atoms with Crippen molar-refractivity contribution in [1.82, 2.24) is 0 Å². The Morgan fingerprint density at radius 1 is 1.21 bits per heavy atom. The third kappa shape index (κ3) is 7.34. The largest absolute Gasteiger partial charge is 0.393 e. The van der Waals surface area contributed by atoms with Gasteiger partial charge in [-0.3, -0.25) is 0 Å². The number of hydrogen-bond acceptors (Lipinski definition) is 2. The fourth-order valence-electron chi connectivity index (χ4n) is 1.92. The standard InChI is InChI=1S/C12H26O2/c1-5-7-12(4,14)8-6-10(2)9-11(3)13/h10-11,13-14H,5-9H2,1-4H3. The van der Waals surface area contributed by atoms with Crippen LogP contribution < -0.4 is 0 Å². The number of rotatable bonds is 7. The summed E-state index contributed by atoms with van der Waals surface area (Å²) in [7, 11) is 0. The van der Waals surface area contributed by atoms with E-state index in [1.54, 1.807) is 0 Å². The molecule has 0 aromatic carbocycles. The molecular weight excluding hydrogens is 176 g/mol. The first-order valence-electron chi connectivity index (χ1n) is 5.78. The van der Waals surface area contributed by atoms with Crippen LogP contribution in [-0.4, -0.2) is 21.9 Å². The van der Waals surface area contributed by atoms with Crippen molar-refractivity contribution in [3.63, 3.8) is 0 Å². The highest BCUT2D eigenvalue weighted by molar-refractivity contribution is 4.73. The van der Waals surface area contributed by atoms with Crippen molar-refractivity contribution in [2.24, 2.45) is 5.92 Å². The van der Waals surface area contributed by atoms with Crippen molar-refractivity contribution in [1.29, 1.82) is 0 Å². The fraction of sp³-hybridized carbons (Fsp3) is 1.00. The van der Waals surface area contributed by atoms with Crippen LogP contribution in [0.15, 0.2) is 0 Å². The molecular formula is C12H26O2. The zero-order valence-corrected chi connectivity index (χ0v) is 10.1. The SMILES string of the molecule is CCCC(C)(O)CCC(C)CC(C)O. The van der Waals surface area contributed by atoms with Crippen molar-refractivity contribution in [3.8, 4) is 0 Å². The molecule has 0 saturated carbocycles. The van der Waals surface area contributed by atoms with E-state index < -0.39 is 5.60 Å². The van der Waals surface area contributed by atoms with Gasteiger partial charge in [-0.1, -0.05) is 20.3 Å². The lowest BCUT2D eigenvalue weighted by Crippen LogP contribution is -2.24. The van der Waals surface area contributed by atoms with E-state index in [1.807, 2.05) is 13.8 Å². The Balaban J connectivity index is 3.69. The van der Waals surface area contributed by atoms with Gasteiger partial charge in [0.2, 0.25) is 0 Å². The molecule has 0 aliphatic carbocycles. The molecule has 3 unspecified atom stereocenters. The lowest BCUT2D eigenvalue weighted by molar-refractivity contribution is 0.0328. The molecule has 0 rings (SSSR count). The molecule has 3 atom stereocenters. The maximum absolute atomic E-state index is 9.93. The Bertz CT molecular complexity index is 141. The van der Waals surface area contributed by atoms with E-state index in [2.05, 4.69) is 13.8 Å². The van der Waals surface area contributed by atoms with Crippen molar-refractivity contribution < 1.29 is 10.2 Å². The van der Waals surface area contributed by atoms with Gasteiger partial charge in [0.1, 0.15) is 0 Å². The summed E-state index contributed by atoms with van der Waals surface area (Å²) in [6, 6.07) is 0. The lowest BCUT2D eigenvalue weighted by Gasteiger charge is -2.24. The topological polar surface area (TPSA) is 40.5 Å². The van der Waals surface area contributed by atoms with E-state index in [0.29, 0.717) is 5.92 Å². The Labute approximate surface area is 88.3 Å². The van der Waals surface area contributed by atoms with Gasteiger partial charge < -0.3 is 10.2 Å². The minimum absolute atomic E-state index is 0.221. The molecule has 0 aliphatic rings. The molecule has 14 heavy (non-hydrogen) atoms. The average Bonchev–Trinajstić information content (AvgIpc) is 2.00. The van der Waals surface area contributed by atoms with Crippen molar-refractivity contribution >= 4 is 0 Å². The normalized spacial score (nSPS) is 20.1. The molecule has 0 aromatic heterocycles. The lowest BCUT2D eigenvalue weighted by atomic mass is 9.89. The molecule has 2 N–H and O–H groups in total. The molecule has 0 bridgehead atoms. The monoisotopic (exact) mass is 202 g/mol. The van der Waals surface area contributed by atoms with Crippen molar-refractivity contribution in [3.05, 3.63) is 0 Å². The summed E-state index contributed by atoms with van der Waals surface area (Å²) in [5, 5.41) is 19.1. The smallest absolute Gasteiger partial charge is 0.0619 e. The predicted octanol–water partition coefficient (Wildman–Crippen LogP) is 2.72. The van der Waals surface area contributed by atoms with Gasteiger partial charge in [-0.15, -0.1) is 0 Å². The first-order valence-corrected chi connectivity index (χ1v) is 5.78. The molecule has 0 radical (unpaired) electrons. The molecule has 0 spiro atoms. The van der Waals surface area contributed by atoms with Crippen molar-refractivity contribution in [2.75, 3.05) is 0 Å². The zero-order chi connectivity index (χ0) is 11.2. The van der Waals surface area contributed by atoms with Crippen LogP contribution in [0.3, 0.4) is 0 Å². The van der Waals surface area contributed by atoms with Gasteiger partial charge in [0.25, 0.3) is 0 Å². The van der Waals surface area contributed by atoms with Crippen LogP contribution in [0.2, 0.25) is 0 Å². The minimum Gasteiger partial charge on any atom is -0.393 e. The number of hydrogen-bond donors (Lipinski definition) is 2. The predicted molar refractivity (Wildman–Crippen MR) is 60.2 cm³/mol. The van der Waals surface area contributed by atoms with E-state index in [9.17, 15) is 10.2 Å². The van der Waals surface area contributed by atoms with E-state index in [1.165, 1.54) is 0 Å². The van der Waals surface area contributed by atoms with Crippen LogP contribution in [0.5, 0.6) is 0 Å². The van der Waals surface area contributed by atoms with E-state index in [0.717, 1.165) is 32.1 Å². The summed E-state index contributed by atoms with van der Waals surface area (Å²) in [5.74, 6) is 0.498. The molecule has 0 aromatic rings. The summed E-state index contributed by atoms with van der Waals surface area (Å²) < 4.78 is 0. The zero-order valence-electron chi connectivity index (χ0n) is 10.1. The van der Waals surface area contributed by atoms with Crippen LogP contribution in [0.4, 0.5) is 0 Å². The molecule has 2 nitrogen and oxygen atoms in total. The highest BCUT2D eigenvalue weighted by Crippen LogP contribution is 2.23. The van der Waals surface area contributed by atoms with Crippen molar-refractivity contribution in [2.45, 2.75) is 71.5 Å². The molecule has 0 fully saturated rings. The van der Waals surface area contributed by atoms with Gasteiger partial charge in [0, 0.05) is 0 Å². The summed E-state index contributed by atoms with van der Waals surface area (Å²) in [6.45, 7) is 7.95. The summed E-state index contributed by atoms with van der Waals surface area (Å²) in [5.41, 5.74) is -0.512. The van der Waals surface area contributed by atoms with Crippen LogP contribution in [0.1, 0.15) is 59.8 Å². The van der Waals surface area contributed by atoms with Gasteiger partial charge in [-0.25, -0.2) is 0 Å². The fourth-order valence-corrected chi connectivity index (χ4v) is 1.92. The second-order valence-electron chi connectivity index (χ2n) is 4.98. The van der Waals surface area contributed by atoms with E-state index in [-0.39, 0.29) is 6.10 Å². The minimum atomic E-state index is -0.512. The average molecular weight is 202 g/mol. The Morgan fingerprint density at radius 3 is 2.21 bits per heavy atom. The first kappa shape index (κ1) is 13.9. The first-order chi connectivity index (χ1) is 6.37. The van der Waals surface area contributed by atoms with E-state index >= 15 is 0 Å². The van der Waals surface area contributed by atoms with Crippen LogP contribution >= 0.6 is 0 Å². The van der Waals surface area contributed by atoms with E-state index in [4.69, 9.17) is 0 Å². The van der Waals surface area contributed by atoms with Crippen LogP contribution in [0.25, 0.3) is 0 Å². The highest BCUT2D eigenvalue weighted by Gasteiger charge is 2.20. The molecule has 0 heterocycles. The Morgan fingerprint density at radius 2 is 1.79 bits per heavy atom. The number of aliphatic hydroxyl groups excluding tert-OH is 1. The van der Waals surface area contributed by atoms with Crippen LogP contribution in [0, 0.1) is 5.92 Å². The molecule has 0 aliphatic heterocycles. The number of aliphatic hydroxyl groups is 2.